The Kier molecular flexibility index (Phi) is 13.0. The predicted octanol–water partition coefficient (Wildman–Crippen LogP) is 1.12. The number of carbonyl (C=O) groups is 1. The SMILES string of the molecule is CSCCCCNC(=NCC(=O)N(C)C)NCCSC. The van der Waals surface area contributed by atoms with Crippen LogP contribution in [0.5, 0.6) is 0 Å². The summed E-state index contributed by atoms with van der Waals surface area (Å²) < 4.78 is 0. The van der Waals surface area contributed by atoms with Gasteiger partial charge >= 0.3 is 0 Å². The maximum absolute atomic E-state index is 11.5. The summed E-state index contributed by atoms with van der Waals surface area (Å²) >= 11 is 3.65. The lowest BCUT2D eigenvalue weighted by Crippen LogP contribution is -2.40. The van der Waals surface area contributed by atoms with E-state index >= 15 is 0 Å². The maximum Gasteiger partial charge on any atom is 0.243 e. The average Bonchev–Trinajstić information content (AvgIpc) is 2.43. The lowest BCUT2D eigenvalue weighted by molar-refractivity contribution is -0.127. The third-order valence-corrected chi connectivity index (χ3v) is 3.85. The van der Waals surface area contributed by atoms with E-state index in [1.807, 2.05) is 11.8 Å². The summed E-state index contributed by atoms with van der Waals surface area (Å²) in [6.45, 7) is 1.93. The second-order valence-electron chi connectivity index (χ2n) is 4.50. The molecule has 0 aliphatic heterocycles. The van der Waals surface area contributed by atoms with Gasteiger partial charge in [-0.15, -0.1) is 0 Å². The number of hydrogen-bond acceptors (Lipinski definition) is 4. The molecule has 0 radical (unpaired) electrons. The Balaban J connectivity index is 4.11. The summed E-state index contributed by atoms with van der Waals surface area (Å²) in [4.78, 5) is 17.4. The first-order valence-electron chi connectivity index (χ1n) is 6.82. The molecule has 0 bridgehead atoms. The first kappa shape index (κ1) is 19.4. The predicted molar refractivity (Wildman–Crippen MR) is 93.0 cm³/mol. The van der Waals surface area contributed by atoms with Crippen molar-refractivity contribution in [2.45, 2.75) is 12.8 Å². The van der Waals surface area contributed by atoms with Crippen LogP contribution in [0.25, 0.3) is 0 Å². The number of carbonyl (C=O) groups excluding carboxylic acids is 1. The van der Waals surface area contributed by atoms with Gasteiger partial charge in [-0.25, -0.2) is 4.99 Å². The zero-order valence-corrected chi connectivity index (χ0v) is 14.7. The molecule has 0 atom stereocenters. The van der Waals surface area contributed by atoms with Crippen molar-refractivity contribution in [3.05, 3.63) is 0 Å². The Morgan fingerprint density at radius 2 is 1.70 bits per heavy atom. The summed E-state index contributed by atoms with van der Waals surface area (Å²) in [5, 5.41) is 6.53. The van der Waals surface area contributed by atoms with Crippen molar-refractivity contribution >= 4 is 35.4 Å². The third kappa shape index (κ3) is 11.3. The third-order valence-electron chi connectivity index (χ3n) is 2.54. The molecule has 20 heavy (non-hydrogen) atoms. The van der Waals surface area contributed by atoms with Crippen molar-refractivity contribution in [3.8, 4) is 0 Å². The highest BCUT2D eigenvalue weighted by atomic mass is 32.2. The van der Waals surface area contributed by atoms with E-state index in [9.17, 15) is 4.79 Å². The van der Waals surface area contributed by atoms with Gasteiger partial charge in [0, 0.05) is 32.9 Å². The van der Waals surface area contributed by atoms with Crippen LogP contribution in [-0.2, 0) is 4.79 Å². The number of hydrogen-bond donors (Lipinski definition) is 2. The van der Waals surface area contributed by atoms with Gasteiger partial charge in [-0.3, -0.25) is 4.79 Å². The zero-order valence-electron chi connectivity index (χ0n) is 13.1. The number of rotatable bonds is 10. The van der Waals surface area contributed by atoms with Crippen LogP contribution in [0.15, 0.2) is 4.99 Å². The van der Waals surface area contributed by atoms with Gasteiger partial charge in [0.15, 0.2) is 5.96 Å². The second kappa shape index (κ2) is 13.4. The fraction of sp³-hybridized carbons (Fsp3) is 0.846. The van der Waals surface area contributed by atoms with E-state index in [0.29, 0.717) is 0 Å². The van der Waals surface area contributed by atoms with Crippen LogP contribution >= 0.6 is 23.5 Å². The largest absolute Gasteiger partial charge is 0.356 e. The van der Waals surface area contributed by atoms with Gasteiger partial charge in [0.05, 0.1) is 0 Å². The smallest absolute Gasteiger partial charge is 0.243 e. The van der Waals surface area contributed by atoms with Crippen molar-refractivity contribution in [2.75, 3.05) is 57.7 Å². The average molecular weight is 321 g/mol. The number of aliphatic imine (C=N–C) groups is 1. The number of guanidine groups is 1. The van der Waals surface area contributed by atoms with Crippen LogP contribution in [0.1, 0.15) is 12.8 Å². The standard InChI is InChI=1S/C13H28N4OS2/c1-17(2)12(18)11-16-13(15-8-10-20-4)14-7-5-6-9-19-3/h5-11H2,1-4H3,(H2,14,15,16). The molecular formula is C13H28N4OS2. The van der Waals surface area contributed by atoms with Crippen LogP contribution in [0.4, 0.5) is 0 Å². The van der Waals surface area contributed by atoms with Gasteiger partial charge < -0.3 is 15.5 Å². The molecule has 0 unspecified atom stereocenters. The summed E-state index contributed by atoms with van der Waals surface area (Å²) in [6, 6.07) is 0. The lowest BCUT2D eigenvalue weighted by Gasteiger charge is -2.13. The molecular weight excluding hydrogens is 292 g/mol. The molecule has 118 valence electrons. The van der Waals surface area contributed by atoms with E-state index in [4.69, 9.17) is 0 Å². The van der Waals surface area contributed by atoms with E-state index in [-0.39, 0.29) is 12.5 Å². The Morgan fingerprint density at radius 1 is 1.05 bits per heavy atom. The highest BCUT2D eigenvalue weighted by Gasteiger charge is 2.04. The first-order valence-corrected chi connectivity index (χ1v) is 9.60. The van der Waals surface area contributed by atoms with Gasteiger partial charge in [-0.2, -0.15) is 23.5 Å². The Morgan fingerprint density at radius 3 is 2.30 bits per heavy atom. The molecule has 0 spiro atoms. The molecule has 0 aromatic carbocycles. The minimum Gasteiger partial charge on any atom is -0.356 e. The summed E-state index contributed by atoms with van der Waals surface area (Å²) in [5.41, 5.74) is 0. The van der Waals surface area contributed by atoms with Crippen molar-refractivity contribution < 1.29 is 4.79 Å². The Labute approximate surface area is 131 Å². The molecule has 0 aromatic heterocycles. The highest BCUT2D eigenvalue weighted by molar-refractivity contribution is 7.98. The molecule has 0 aromatic rings. The van der Waals surface area contributed by atoms with Gasteiger partial charge in [0.25, 0.3) is 0 Å². The summed E-state index contributed by atoms with van der Waals surface area (Å²) in [7, 11) is 3.49. The summed E-state index contributed by atoms with van der Waals surface area (Å²) in [6.07, 6.45) is 6.51. The minimum absolute atomic E-state index is 0.0124. The van der Waals surface area contributed by atoms with E-state index < -0.39 is 0 Å². The minimum atomic E-state index is 0.0124. The molecule has 0 aliphatic rings. The quantitative estimate of drug-likeness (QED) is 0.359. The fourth-order valence-electron chi connectivity index (χ4n) is 1.31. The van der Waals surface area contributed by atoms with Gasteiger partial charge in [-0.05, 0) is 31.1 Å². The molecule has 7 heteroatoms. The van der Waals surface area contributed by atoms with Crippen LogP contribution < -0.4 is 10.6 Å². The van der Waals surface area contributed by atoms with Crippen molar-refractivity contribution in [1.82, 2.24) is 15.5 Å². The molecule has 2 N–H and O–H groups in total. The Hall–Kier alpha value is -0.560. The van der Waals surface area contributed by atoms with E-state index in [2.05, 4.69) is 28.1 Å². The van der Waals surface area contributed by atoms with Crippen LogP contribution in [0.3, 0.4) is 0 Å². The topological polar surface area (TPSA) is 56.7 Å². The van der Waals surface area contributed by atoms with E-state index in [1.54, 1.807) is 30.8 Å². The molecule has 0 heterocycles. The second-order valence-corrected chi connectivity index (χ2v) is 6.47. The van der Waals surface area contributed by atoms with Gasteiger partial charge in [0.1, 0.15) is 6.54 Å². The Bertz CT molecular complexity index is 286. The molecule has 0 rings (SSSR count). The van der Waals surface area contributed by atoms with Crippen LogP contribution in [0.2, 0.25) is 0 Å². The number of unbranched alkanes of at least 4 members (excludes halogenated alkanes) is 1. The lowest BCUT2D eigenvalue weighted by atomic mass is 10.3. The van der Waals surface area contributed by atoms with E-state index in [1.165, 1.54) is 12.2 Å². The van der Waals surface area contributed by atoms with Crippen molar-refractivity contribution in [3.63, 3.8) is 0 Å². The fourth-order valence-corrected chi connectivity index (χ4v) is 2.11. The number of nitrogens with one attached hydrogen (secondary N) is 2. The molecule has 0 fully saturated rings. The number of likely N-dealkylation sites (N-methyl/N-ethyl adjacent to an activating group) is 1. The van der Waals surface area contributed by atoms with Crippen molar-refractivity contribution in [1.29, 1.82) is 0 Å². The molecule has 1 amide bonds. The van der Waals surface area contributed by atoms with Crippen LogP contribution in [-0.4, -0.2) is 74.5 Å². The number of nitrogens with zero attached hydrogens (tertiary/aromatic N) is 2. The maximum atomic E-state index is 11.5. The molecule has 0 aliphatic carbocycles. The molecule has 5 nitrogen and oxygen atoms in total. The highest BCUT2D eigenvalue weighted by Crippen LogP contribution is 1.97. The van der Waals surface area contributed by atoms with Crippen LogP contribution in [0, 0.1) is 0 Å². The zero-order chi connectivity index (χ0) is 15.2. The molecule has 0 saturated heterocycles. The van der Waals surface area contributed by atoms with Gasteiger partial charge in [0.2, 0.25) is 5.91 Å². The molecule has 0 saturated carbocycles. The first-order chi connectivity index (χ1) is 9.61. The number of thioether (sulfide) groups is 2. The summed E-state index contributed by atoms with van der Waals surface area (Å²) in [5.74, 6) is 2.96. The number of amides is 1. The van der Waals surface area contributed by atoms with E-state index in [0.717, 1.165) is 31.2 Å². The normalized spacial score (nSPS) is 11.3. The van der Waals surface area contributed by atoms with Gasteiger partial charge in [-0.1, -0.05) is 0 Å². The van der Waals surface area contributed by atoms with Crippen molar-refractivity contribution in [2.24, 2.45) is 4.99 Å². The monoisotopic (exact) mass is 320 g/mol.